The molecule has 0 saturated carbocycles. The zero-order valence-electron chi connectivity index (χ0n) is 15.3. The van der Waals surface area contributed by atoms with Gasteiger partial charge in [-0.25, -0.2) is 18.5 Å². The van der Waals surface area contributed by atoms with Crippen molar-refractivity contribution in [1.29, 1.82) is 0 Å². The summed E-state index contributed by atoms with van der Waals surface area (Å²) in [6, 6.07) is 16.6. The van der Waals surface area contributed by atoms with Crippen LogP contribution in [0.15, 0.2) is 59.5 Å². The van der Waals surface area contributed by atoms with Crippen molar-refractivity contribution >= 4 is 32.4 Å². The molecule has 1 aliphatic rings. The van der Waals surface area contributed by atoms with Crippen LogP contribution in [0.2, 0.25) is 0 Å². The monoisotopic (exact) mass is 398 g/mol. The van der Waals surface area contributed by atoms with Crippen molar-refractivity contribution in [2.45, 2.75) is 11.5 Å². The number of anilines is 2. The van der Waals surface area contributed by atoms with Gasteiger partial charge < -0.3 is 14.9 Å². The smallest absolute Gasteiger partial charge is 0.240 e. The Kier molecular flexibility index (Phi) is 4.92. The summed E-state index contributed by atoms with van der Waals surface area (Å²) in [4.78, 5) is 9.05. The number of aromatic nitrogens is 1. The fraction of sp³-hybridized carbons (Fsp3) is 0.250. The van der Waals surface area contributed by atoms with Crippen molar-refractivity contribution in [3.8, 4) is 0 Å². The molecule has 4 rings (SSSR count). The predicted octanol–water partition coefficient (Wildman–Crippen LogP) is 1.70. The molecule has 7 nitrogen and oxygen atoms in total. The summed E-state index contributed by atoms with van der Waals surface area (Å²) in [5, 5.41) is 16.2. The van der Waals surface area contributed by atoms with E-state index in [1.165, 1.54) is 6.07 Å². The quantitative estimate of drug-likeness (QED) is 0.694. The van der Waals surface area contributed by atoms with Crippen molar-refractivity contribution in [3.63, 3.8) is 0 Å². The second-order valence-corrected chi connectivity index (χ2v) is 8.34. The van der Waals surface area contributed by atoms with Crippen molar-refractivity contribution in [3.05, 3.63) is 60.2 Å². The average molecular weight is 398 g/mol. The number of benzene rings is 2. The second-order valence-electron chi connectivity index (χ2n) is 6.81. The highest BCUT2D eigenvalue weighted by Crippen LogP contribution is 2.28. The number of aliphatic hydroxyl groups is 1. The van der Waals surface area contributed by atoms with E-state index in [2.05, 4.69) is 4.90 Å². The number of para-hydroxylation sites is 2. The lowest BCUT2D eigenvalue weighted by Crippen LogP contribution is -2.47. The molecule has 3 N–H and O–H groups in total. The maximum Gasteiger partial charge on any atom is 0.240 e. The highest BCUT2D eigenvalue weighted by molar-refractivity contribution is 7.89. The van der Waals surface area contributed by atoms with Gasteiger partial charge in [0, 0.05) is 37.1 Å². The number of nitrogens with two attached hydrogens (primary N) is 1. The molecular formula is C20H22N4O3S. The standard InChI is InChI=1S/C20H22N4O3S/c21-28(26,27)19-8-4-3-7-18(19)23-9-11-24(12-10-23)20-16(14-25)13-15-5-1-2-6-17(15)22-20/h1-8,13,25H,9-12,14H2,(H2,21,26,27). The third-order valence-corrected chi connectivity index (χ3v) is 6.00. The van der Waals surface area contributed by atoms with Crippen LogP contribution in [0.5, 0.6) is 0 Å². The predicted molar refractivity (Wildman–Crippen MR) is 110 cm³/mol. The molecular weight excluding hydrogens is 376 g/mol. The average Bonchev–Trinajstić information content (AvgIpc) is 2.72. The van der Waals surface area contributed by atoms with Crippen molar-refractivity contribution in [2.24, 2.45) is 5.14 Å². The van der Waals surface area contributed by atoms with Gasteiger partial charge in [0.1, 0.15) is 10.7 Å². The van der Waals surface area contributed by atoms with Crippen LogP contribution in [0.4, 0.5) is 11.5 Å². The minimum atomic E-state index is -3.78. The zero-order chi connectivity index (χ0) is 19.7. The summed E-state index contributed by atoms with van der Waals surface area (Å²) in [6.07, 6.45) is 0. The maximum atomic E-state index is 11.9. The van der Waals surface area contributed by atoms with E-state index >= 15 is 0 Å². The molecule has 1 fully saturated rings. The van der Waals surface area contributed by atoms with Gasteiger partial charge in [-0.3, -0.25) is 0 Å². The number of piperazine rings is 1. The molecule has 0 unspecified atom stereocenters. The van der Waals surface area contributed by atoms with Crippen LogP contribution in [0.1, 0.15) is 5.56 Å². The Balaban J connectivity index is 1.60. The molecule has 1 aliphatic heterocycles. The van der Waals surface area contributed by atoms with Crippen LogP contribution >= 0.6 is 0 Å². The SMILES string of the molecule is NS(=O)(=O)c1ccccc1N1CCN(c2nc3ccccc3cc2CO)CC1. The number of hydrogen-bond acceptors (Lipinski definition) is 6. The highest BCUT2D eigenvalue weighted by Gasteiger charge is 2.24. The molecule has 0 bridgehead atoms. The Morgan fingerprint density at radius 1 is 0.964 bits per heavy atom. The first-order valence-electron chi connectivity index (χ1n) is 9.08. The summed E-state index contributed by atoms with van der Waals surface area (Å²) in [6.45, 7) is 2.51. The number of hydrogen-bond donors (Lipinski definition) is 2. The fourth-order valence-electron chi connectivity index (χ4n) is 3.66. The Bertz CT molecular complexity index is 1110. The van der Waals surface area contributed by atoms with E-state index < -0.39 is 10.0 Å². The highest BCUT2D eigenvalue weighted by atomic mass is 32.2. The van der Waals surface area contributed by atoms with Gasteiger partial charge in [-0.05, 0) is 24.3 Å². The molecule has 2 aromatic carbocycles. The topological polar surface area (TPSA) is 99.8 Å². The summed E-state index contributed by atoms with van der Waals surface area (Å²) in [7, 11) is -3.78. The fourth-order valence-corrected chi connectivity index (χ4v) is 4.41. The number of nitrogens with zero attached hydrogens (tertiary/aromatic N) is 3. The number of rotatable bonds is 4. The van der Waals surface area contributed by atoms with Gasteiger partial charge in [-0.2, -0.15) is 0 Å². The van der Waals surface area contributed by atoms with Gasteiger partial charge in [0.25, 0.3) is 0 Å². The number of primary sulfonamides is 1. The number of aliphatic hydroxyl groups excluding tert-OH is 1. The molecule has 146 valence electrons. The van der Waals surface area contributed by atoms with Gasteiger partial charge in [0.15, 0.2) is 0 Å². The normalized spacial score (nSPS) is 15.2. The molecule has 1 aromatic heterocycles. The van der Waals surface area contributed by atoms with Crippen LogP contribution in [-0.2, 0) is 16.6 Å². The lowest BCUT2D eigenvalue weighted by atomic mass is 10.1. The van der Waals surface area contributed by atoms with E-state index in [0.29, 0.717) is 31.9 Å². The first-order chi connectivity index (χ1) is 13.5. The molecule has 2 heterocycles. The van der Waals surface area contributed by atoms with Crippen LogP contribution in [0, 0.1) is 0 Å². The minimum Gasteiger partial charge on any atom is -0.392 e. The van der Waals surface area contributed by atoms with E-state index in [-0.39, 0.29) is 11.5 Å². The third kappa shape index (κ3) is 3.54. The molecule has 0 spiro atoms. The molecule has 28 heavy (non-hydrogen) atoms. The summed E-state index contributed by atoms with van der Waals surface area (Å²) < 4.78 is 23.8. The van der Waals surface area contributed by atoms with Crippen molar-refractivity contribution in [2.75, 3.05) is 36.0 Å². The van der Waals surface area contributed by atoms with E-state index in [1.54, 1.807) is 12.1 Å². The Labute approximate surface area is 164 Å². The van der Waals surface area contributed by atoms with Crippen LogP contribution in [0.3, 0.4) is 0 Å². The largest absolute Gasteiger partial charge is 0.392 e. The van der Waals surface area contributed by atoms with Crippen molar-refractivity contribution in [1.82, 2.24) is 4.98 Å². The van der Waals surface area contributed by atoms with E-state index in [9.17, 15) is 13.5 Å². The molecule has 8 heteroatoms. The van der Waals surface area contributed by atoms with Crippen LogP contribution in [-0.4, -0.2) is 44.7 Å². The number of pyridine rings is 1. The lowest BCUT2D eigenvalue weighted by molar-refractivity contribution is 0.281. The van der Waals surface area contributed by atoms with Gasteiger partial charge >= 0.3 is 0 Å². The van der Waals surface area contributed by atoms with Crippen molar-refractivity contribution < 1.29 is 13.5 Å². The summed E-state index contributed by atoms with van der Waals surface area (Å²) >= 11 is 0. The first kappa shape index (κ1) is 18.7. The lowest BCUT2D eigenvalue weighted by Gasteiger charge is -2.38. The minimum absolute atomic E-state index is 0.0817. The Hall–Kier alpha value is -2.68. The maximum absolute atomic E-state index is 11.9. The zero-order valence-corrected chi connectivity index (χ0v) is 16.1. The van der Waals surface area contributed by atoms with Crippen LogP contribution in [0.25, 0.3) is 10.9 Å². The van der Waals surface area contributed by atoms with E-state index in [4.69, 9.17) is 10.1 Å². The van der Waals surface area contributed by atoms with E-state index in [0.717, 1.165) is 22.3 Å². The van der Waals surface area contributed by atoms with Gasteiger partial charge in [-0.15, -0.1) is 0 Å². The molecule has 0 amide bonds. The van der Waals surface area contributed by atoms with Gasteiger partial charge in [-0.1, -0.05) is 30.3 Å². The second kappa shape index (κ2) is 7.38. The van der Waals surface area contributed by atoms with E-state index in [1.807, 2.05) is 41.3 Å². The molecule has 0 aliphatic carbocycles. The molecule has 3 aromatic rings. The summed E-state index contributed by atoms with van der Waals surface area (Å²) in [5.41, 5.74) is 2.30. The Morgan fingerprint density at radius 3 is 2.32 bits per heavy atom. The number of fused-ring (bicyclic) bond motifs is 1. The van der Waals surface area contributed by atoms with Gasteiger partial charge in [0.05, 0.1) is 17.8 Å². The molecule has 0 radical (unpaired) electrons. The number of sulfonamides is 1. The van der Waals surface area contributed by atoms with Crippen LogP contribution < -0.4 is 14.9 Å². The molecule has 0 atom stereocenters. The third-order valence-electron chi connectivity index (χ3n) is 5.04. The summed E-state index contributed by atoms with van der Waals surface area (Å²) in [5.74, 6) is 0.778. The molecule has 1 saturated heterocycles. The Morgan fingerprint density at radius 2 is 1.61 bits per heavy atom. The van der Waals surface area contributed by atoms with Gasteiger partial charge in [0.2, 0.25) is 10.0 Å². The first-order valence-corrected chi connectivity index (χ1v) is 10.6.